The Labute approximate surface area is 182 Å². The largest absolute Gasteiger partial charge is 0.496 e. The lowest BCUT2D eigenvalue weighted by Gasteiger charge is -2.26. The summed E-state index contributed by atoms with van der Waals surface area (Å²) in [5.41, 5.74) is 3.66. The summed E-state index contributed by atoms with van der Waals surface area (Å²) in [6.45, 7) is 5.58. The van der Waals surface area contributed by atoms with Crippen LogP contribution in [-0.4, -0.2) is 48.5 Å². The third-order valence-electron chi connectivity index (χ3n) is 5.13. The van der Waals surface area contributed by atoms with Gasteiger partial charge < -0.3 is 20.3 Å². The summed E-state index contributed by atoms with van der Waals surface area (Å²) in [6, 6.07) is 12.8. The highest BCUT2D eigenvalue weighted by Crippen LogP contribution is 2.26. The normalized spacial score (nSPS) is 14.7. The number of nitrogens with one attached hydrogen (secondary N) is 2. The van der Waals surface area contributed by atoms with E-state index in [9.17, 15) is 9.59 Å². The van der Waals surface area contributed by atoms with Crippen LogP contribution in [0.15, 0.2) is 42.5 Å². The third kappa shape index (κ3) is 5.92. The molecule has 2 aromatic rings. The number of rotatable bonds is 6. The van der Waals surface area contributed by atoms with Crippen LogP contribution in [0.5, 0.6) is 5.75 Å². The number of benzene rings is 2. The molecule has 0 bridgehead atoms. The molecule has 0 radical (unpaired) electrons. The number of hydrogen-bond donors (Lipinski definition) is 2. The molecule has 3 amide bonds. The summed E-state index contributed by atoms with van der Waals surface area (Å²) in [5, 5.41) is 5.79. The van der Waals surface area contributed by atoms with Crippen LogP contribution in [0.3, 0.4) is 0 Å². The molecule has 1 unspecified atom stereocenters. The SMILES string of the molecule is COc1ccc(C)cc1C(C)NC(=O)Nc1ccc(CC(=O)N2CCSCC2)cc1. The zero-order chi connectivity index (χ0) is 21.5. The molecule has 1 aliphatic rings. The number of urea groups is 1. The molecule has 0 aliphatic carbocycles. The molecule has 7 heteroatoms. The van der Waals surface area contributed by atoms with Crippen molar-refractivity contribution in [3.05, 3.63) is 59.2 Å². The van der Waals surface area contributed by atoms with Crippen LogP contribution in [0, 0.1) is 6.92 Å². The molecule has 1 saturated heterocycles. The first-order valence-electron chi connectivity index (χ1n) is 10.1. The number of ether oxygens (including phenoxy) is 1. The molecule has 0 saturated carbocycles. The molecule has 0 spiro atoms. The van der Waals surface area contributed by atoms with Gasteiger partial charge in [0.2, 0.25) is 5.91 Å². The molecule has 160 valence electrons. The molecule has 1 atom stereocenters. The van der Waals surface area contributed by atoms with E-state index in [0.29, 0.717) is 12.1 Å². The van der Waals surface area contributed by atoms with Crippen molar-refractivity contribution in [2.45, 2.75) is 26.3 Å². The van der Waals surface area contributed by atoms with Gasteiger partial charge in [0.15, 0.2) is 0 Å². The maximum absolute atomic E-state index is 12.4. The van der Waals surface area contributed by atoms with Crippen LogP contribution in [-0.2, 0) is 11.2 Å². The average Bonchev–Trinajstić information content (AvgIpc) is 2.75. The fourth-order valence-corrected chi connectivity index (χ4v) is 4.34. The number of carbonyl (C=O) groups is 2. The standard InChI is InChI=1S/C23H29N3O3S/c1-16-4-9-21(29-3)20(14-16)17(2)24-23(28)25-19-7-5-18(6-8-19)15-22(27)26-10-12-30-13-11-26/h4-9,14,17H,10-13,15H2,1-3H3,(H2,24,25,28). The van der Waals surface area contributed by atoms with Crippen LogP contribution >= 0.6 is 11.8 Å². The number of hydrogen-bond acceptors (Lipinski definition) is 4. The van der Waals surface area contributed by atoms with Crippen molar-refractivity contribution in [1.82, 2.24) is 10.2 Å². The minimum absolute atomic E-state index is 0.162. The Morgan fingerprint density at radius 1 is 1.13 bits per heavy atom. The second-order valence-corrected chi connectivity index (χ2v) is 8.66. The minimum Gasteiger partial charge on any atom is -0.496 e. The lowest BCUT2D eigenvalue weighted by atomic mass is 10.0. The van der Waals surface area contributed by atoms with E-state index in [1.54, 1.807) is 7.11 Å². The number of amides is 3. The Bertz CT molecular complexity index is 880. The Morgan fingerprint density at radius 2 is 1.83 bits per heavy atom. The number of carbonyl (C=O) groups excluding carboxylic acids is 2. The lowest BCUT2D eigenvalue weighted by molar-refractivity contribution is -0.130. The number of nitrogens with zero attached hydrogens (tertiary/aromatic N) is 1. The Balaban J connectivity index is 1.54. The number of thioether (sulfide) groups is 1. The molecule has 1 fully saturated rings. The first-order chi connectivity index (χ1) is 14.5. The fraction of sp³-hybridized carbons (Fsp3) is 0.391. The van der Waals surface area contributed by atoms with Gasteiger partial charge in [-0.25, -0.2) is 4.79 Å². The third-order valence-corrected chi connectivity index (χ3v) is 6.07. The summed E-state index contributed by atoms with van der Waals surface area (Å²) in [7, 11) is 1.62. The van der Waals surface area contributed by atoms with Gasteiger partial charge in [0.25, 0.3) is 0 Å². The van der Waals surface area contributed by atoms with E-state index < -0.39 is 0 Å². The molecule has 1 aliphatic heterocycles. The minimum atomic E-state index is -0.291. The lowest BCUT2D eigenvalue weighted by Crippen LogP contribution is -2.38. The molecule has 2 aromatic carbocycles. The molecule has 0 aromatic heterocycles. The Morgan fingerprint density at radius 3 is 2.50 bits per heavy atom. The first-order valence-corrected chi connectivity index (χ1v) is 11.3. The molecule has 6 nitrogen and oxygen atoms in total. The molecular formula is C23H29N3O3S. The second-order valence-electron chi connectivity index (χ2n) is 7.43. The van der Waals surface area contributed by atoms with Gasteiger partial charge in [-0.15, -0.1) is 0 Å². The van der Waals surface area contributed by atoms with Crippen LogP contribution in [0.1, 0.15) is 29.7 Å². The Kier molecular flexibility index (Phi) is 7.63. The summed E-state index contributed by atoms with van der Waals surface area (Å²) in [5.74, 6) is 2.93. The van der Waals surface area contributed by atoms with Gasteiger partial charge in [-0.1, -0.05) is 29.8 Å². The molecule has 2 N–H and O–H groups in total. The van der Waals surface area contributed by atoms with Gasteiger partial charge in [0, 0.05) is 35.8 Å². The highest BCUT2D eigenvalue weighted by molar-refractivity contribution is 7.99. The van der Waals surface area contributed by atoms with Crippen molar-refractivity contribution in [3.8, 4) is 5.75 Å². The zero-order valence-electron chi connectivity index (χ0n) is 17.7. The number of aryl methyl sites for hydroxylation is 1. The fourth-order valence-electron chi connectivity index (χ4n) is 3.44. The van der Waals surface area contributed by atoms with Gasteiger partial charge in [0.05, 0.1) is 19.6 Å². The van der Waals surface area contributed by atoms with Crippen LogP contribution < -0.4 is 15.4 Å². The van der Waals surface area contributed by atoms with Gasteiger partial charge in [0.1, 0.15) is 5.75 Å². The van der Waals surface area contributed by atoms with Crippen LogP contribution in [0.25, 0.3) is 0 Å². The zero-order valence-corrected chi connectivity index (χ0v) is 18.6. The highest BCUT2D eigenvalue weighted by Gasteiger charge is 2.17. The highest BCUT2D eigenvalue weighted by atomic mass is 32.2. The van der Waals surface area contributed by atoms with E-state index in [4.69, 9.17) is 4.74 Å². The van der Waals surface area contributed by atoms with E-state index in [1.165, 1.54) is 0 Å². The monoisotopic (exact) mass is 427 g/mol. The molecule has 30 heavy (non-hydrogen) atoms. The molecular weight excluding hydrogens is 398 g/mol. The van der Waals surface area contributed by atoms with Crippen molar-refractivity contribution in [2.24, 2.45) is 0 Å². The van der Waals surface area contributed by atoms with Gasteiger partial charge in [-0.3, -0.25) is 4.79 Å². The van der Waals surface area contributed by atoms with Gasteiger partial charge in [-0.05, 0) is 37.6 Å². The Hall–Kier alpha value is -2.67. The predicted octanol–water partition coefficient (Wildman–Crippen LogP) is 4.00. The van der Waals surface area contributed by atoms with E-state index in [1.807, 2.05) is 73.0 Å². The van der Waals surface area contributed by atoms with Crippen molar-refractivity contribution in [1.29, 1.82) is 0 Å². The molecule has 1 heterocycles. The summed E-state index contributed by atoms with van der Waals surface area (Å²) >= 11 is 1.89. The second kappa shape index (κ2) is 10.4. The number of anilines is 1. The smallest absolute Gasteiger partial charge is 0.319 e. The first kappa shape index (κ1) is 22.0. The van der Waals surface area contributed by atoms with Crippen molar-refractivity contribution >= 4 is 29.4 Å². The summed E-state index contributed by atoms with van der Waals surface area (Å²) < 4.78 is 5.41. The molecule has 3 rings (SSSR count). The van der Waals surface area contributed by atoms with Gasteiger partial charge >= 0.3 is 6.03 Å². The summed E-state index contributed by atoms with van der Waals surface area (Å²) in [6.07, 6.45) is 0.390. The van der Waals surface area contributed by atoms with Gasteiger partial charge in [-0.2, -0.15) is 11.8 Å². The van der Waals surface area contributed by atoms with Crippen molar-refractivity contribution in [2.75, 3.05) is 37.0 Å². The van der Waals surface area contributed by atoms with E-state index in [2.05, 4.69) is 10.6 Å². The average molecular weight is 428 g/mol. The number of methoxy groups -OCH3 is 1. The van der Waals surface area contributed by atoms with Crippen molar-refractivity contribution < 1.29 is 14.3 Å². The van der Waals surface area contributed by atoms with E-state index in [0.717, 1.165) is 47.0 Å². The maximum atomic E-state index is 12.4. The van der Waals surface area contributed by atoms with Crippen LogP contribution in [0.4, 0.5) is 10.5 Å². The predicted molar refractivity (Wildman–Crippen MR) is 122 cm³/mol. The van der Waals surface area contributed by atoms with E-state index in [-0.39, 0.29) is 18.0 Å². The van der Waals surface area contributed by atoms with Crippen molar-refractivity contribution in [3.63, 3.8) is 0 Å². The summed E-state index contributed by atoms with van der Waals surface area (Å²) in [4.78, 5) is 26.7. The quantitative estimate of drug-likeness (QED) is 0.731. The topological polar surface area (TPSA) is 70.7 Å². The van der Waals surface area contributed by atoms with Crippen LogP contribution in [0.2, 0.25) is 0 Å². The maximum Gasteiger partial charge on any atom is 0.319 e. The van der Waals surface area contributed by atoms with E-state index >= 15 is 0 Å².